The third-order valence-corrected chi connectivity index (χ3v) is 5.24. The lowest BCUT2D eigenvalue weighted by molar-refractivity contribution is 0.102. The van der Waals surface area contributed by atoms with Gasteiger partial charge in [-0.25, -0.2) is 17.5 Å². The second-order valence-corrected chi connectivity index (χ2v) is 7.58. The van der Waals surface area contributed by atoms with Crippen molar-refractivity contribution in [3.05, 3.63) is 52.8 Å². The molecule has 0 saturated carbocycles. The van der Waals surface area contributed by atoms with Crippen molar-refractivity contribution < 1.29 is 27.1 Å². The zero-order valence-electron chi connectivity index (χ0n) is 14.6. The molecule has 1 amide bonds. The minimum absolute atomic E-state index is 0.0187. The van der Waals surface area contributed by atoms with Crippen molar-refractivity contribution in [3.8, 4) is 5.75 Å². The van der Waals surface area contributed by atoms with Gasteiger partial charge in [0.2, 0.25) is 10.0 Å². The van der Waals surface area contributed by atoms with Crippen molar-refractivity contribution in [3.63, 3.8) is 0 Å². The summed E-state index contributed by atoms with van der Waals surface area (Å²) in [6.45, 7) is 0.490. The molecule has 2 aromatic carbocycles. The molecular formula is C17H18ClFN2O5S. The van der Waals surface area contributed by atoms with E-state index >= 15 is 0 Å². The molecule has 7 nitrogen and oxygen atoms in total. The van der Waals surface area contributed by atoms with Crippen LogP contribution in [0.5, 0.6) is 5.75 Å². The number of ether oxygens (including phenoxy) is 2. The molecule has 0 saturated heterocycles. The second-order valence-electron chi connectivity index (χ2n) is 5.29. The topological polar surface area (TPSA) is 93.7 Å². The summed E-state index contributed by atoms with van der Waals surface area (Å²) in [4.78, 5) is 12.3. The van der Waals surface area contributed by atoms with E-state index in [0.29, 0.717) is 6.61 Å². The van der Waals surface area contributed by atoms with Gasteiger partial charge in [0.25, 0.3) is 5.91 Å². The number of sulfonamides is 1. The Morgan fingerprint density at radius 1 is 1.19 bits per heavy atom. The number of rotatable bonds is 8. The number of methoxy groups -OCH3 is 1. The molecule has 0 atom stereocenters. The van der Waals surface area contributed by atoms with Crippen LogP contribution in [0.1, 0.15) is 10.4 Å². The SMILES string of the molecule is CNS(=O)(=O)c1ccc(Cl)c(C(=O)Nc2ccc(OCCOC)c(F)c2)c1. The van der Waals surface area contributed by atoms with Gasteiger partial charge in [0, 0.05) is 18.9 Å². The highest BCUT2D eigenvalue weighted by Gasteiger charge is 2.18. The van der Waals surface area contributed by atoms with E-state index in [1.54, 1.807) is 0 Å². The van der Waals surface area contributed by atoms with Gasteiger partial charge in [0.1, 0.15) is 6.61 Å². The normalized spacial score (nSPS) is 11.3. The molecule has 0 aliphatic heterocycles. The Morgan fingerprint density at radius 2 is 1.93 bits per heavy atom. The van der Waals surface area contributed by atoms with Crippen molar-refractivity contribution in [2.75, 3.05) is 32.7 Å². The van der Waals surface area contributed by atoms with E-state index in [1.165, 1.54) is 38.4 Å². The summed E-state index contributed by atoms with van der Waals surface area (Å²) in [5, 5.41) is 2.53. The van der Waals surface area contributed by atoms with Gasteiger partial charge in [0.05, 0.1) is 22.1 Å². The van der Waals surface area contributed by atoms with Gasteiger partial charge in [-0.15, -0.1) is 0 Å². The van der Waals surface area contributed by atoms with Crippen molar-refractivity contribution in [2.24, 2.45) is 0 Å². The maximum absolute atomic E-state index is 14.0. The number of halogens is 2. The molecule has 0 aromatic heterocycles. The van der Waals surface area contributed by atoms with Gasteiger partial charge in [0.15, 0.2) is 11.6 Å². The van der Waals surface area contributed by atoms with Gasteiger partial charge in [-0.3, -0.25) is 4.79 Å². The quantitative estimate of drug-likeness (QED) is 0.645. The van der Waals surface area contributed by atoms with E-state index in [-0.39, 0.29) is 33.5 Å². The van der Waals surface area contributed by atoms with Crippen LogP contribution in [0.15, 0.2) is 41.3 Å². The van der Waals surface area contributed by atoms with Crippen LogP contribution in [0.4, 0.5) is 10.1 Å². The van der Waals surface area contributed by atoms with Crippen LogP contribution in [0.3, 0.4) is 0 Å². The summed E-state index contributed by atoms with van der Waals surface area (Å²) in [7, 11) is -0.990. The highest BCUT2D eigenvalue weighted by molar-refractivity contribution is 7.89. The summed E-state index contributed by atoms with van der Waals surface area (Å²) in [5.74, 6) is -1.33. The lowest BCUT2D eigenvalue weighted by Gasteiger charge is -2.11. The molecule has 0 bridgehead atoms. The number of nitrogens with one attached hydrogen (secondary N) is 2. The van der Waals surface area contributed by atoms with Crippen LogP contribution >= 0.6 is 11.6 Å². The average molecular weight is 417 g/mol. The number of hydrogen-bond acceptors (Lipinski definition) is 5. The maximum atomic E-state index is 14.0. The highest BCUT2D eigenvalue weighted by Crippen LogP contribution is 2.24. The number of carbonyl (C=O) groups is 1. The largest absolute Gasteiger partial charge is 0.488 e. The minimum Gasteiger partial charge on any atom is -0.488 e. The number of anilines is 1. The number of carbonyl (C=O) groups excluding carboxylic acids is 1. The summed E-state index contributed by atoms with van der Waals surface area (Å²) < 4.78 is 50.0. The Labute approximate surface area is 161 Å². The van der Waals surface area contributed by atoms with Crippen molar-refractivity contribution >= 4 is 33.2 Å². The standard InChI is InChI=1S/C17H18ClFN2O5S/c1-20-27(23,24)12-4-5-14(18)13(10-12)17(22)21-11-3-6-16(15(19)9-11)26-8-7-25-2/h3-6,9-10,20H,7-8H2,1-2H3,(H,21,22). The molecule has 2 aromatic rings. The molecule has 0 aliphatic rings. The molecular weight excluding hydrogens is 399 g/mol. The highest BCUT2D eigenvalue weighted by atomic mass is 35.5. The second kappa shape index (κ2) is 9.14. The third kappa shape index (κ3) is 5.39. The van der Waals surface area contributed by atoms with Gasteiger partial charge < -0.3 is 14.8 Å². The van der Waals surface area contributed by atoms with Crippen LogP contribution in [0.25, 0.3) is 0 Å². The van der Waals surface area contributed by atoms with Crippen molar-refractivity contribution in [1.29, 1.82) is 0 Å². The fourth-order valence-electron chi connectivity index (χ4n) is 2.09. The van der Waals surface area contributed by atoms with Crippen LogP contribution in [-0.4, -0.2) is 41.7 Å². The Bertz CT molecular complexity index is 937. The molecule has 10 heteroatoms. The lowest BCUT2D eigenvalue weighted by atomic mass is 10.2. The van der Waals surface area contributed by atoms with Gasteiger partial charge >= 0.3 is 0 Å². The number of amides is 1. The smallest absolute Gasteiger partial charge is 0.257 e. The summed E-state index contributed by atoms with van der Waals surface area (Å²) in [6.07, 6.45) is 0. The van der Waals surface area contributed by atoms with E-state index < -0.39 is 21.7 Å². The fourth-order valence-corrected chi connectivity index (χ4v) is 3.05. The number of hydrogen-bond donors (Lipinski definition) is 2. The first kappa shape index (κ1) is 21.1. The lowest BCUT2D eigenvalue weighted by Crippen LogP contribution is -2.20. The molecule has 0 radical (unpaired) electrons. The average Bonchev–Trinajstić information content (AvgIpc) is 2.63. The Balaban J connectivity index is 2.20. The van der Waals surface area contributed by atoms with E-state index in [4.69, 9.17) is 21.1 Å². The van der Waals surface area contributed by atoms with Crippen LogP contribution in [0, 0.1) is 5.82 Å². The molecule has 146 valence electrons. The first-order chi connectivity index (χ1) is 12.8. The third-order valence-electron chi connectivity index (χ3n) is 3.50. The minimum atomic E-state index is -3.74. The summed E-state index contributed by atoms with van der Waals surface area (Å²) in [6, 6.07) is 7.62. The molecule has 0 aliphatic carbocycles. The number of benzene rings is 2. The predicted octanol–water partition coefficient (Wildman–Crippen LogP) is 2.66. The van der Waals surface area contributed by atoms with Gasteiger partial charge in [-0.05, 0) is 37.4 Å². The van der Waals surface area contributed by atoms with Crippen LogP contribution in [0.2, 0.25) is 5.02 Å². The monoisotopic (exact) mass is 416 g/mol. The summed E-state index contributed by atoms with van der Waals surface area (Å²) in [5.41, 5.74) is 0.100. The zero-order chi connectivity index (χ0) is 20.0. The molecule has 0 heterocycles. The molecule has 0 unspecified atom stereocenters. The zero-order valence-corrected chi connectivity index (χ0v) is 16.2. The van der Waals surface area contributed by atoms with Crippen molar-refractivity contribution in [2.45, 2.75) is 4.90 Å². The maximum Gasteiger partial charge on any atom is 0.257 e. The Hall–Kier alpha value is -2.20. The van der Waals surface area contributed by atoms with E-state index in [2.05, 4.69) is 10.0 Å². The van der Waals surface area contributed by atoms with Gasteiger partial charge in [-0.1, -0.05) is 11.6 Å². The molecule has 0 spiro atoms. The predicted molar refractivity (Wildman–Crippen MR) is 99.4 cm³/mol. The first-order valence-corrected chi connectivity index (χ1v) is 9.60. The van der Waals surface area contributed by atoms with E-state index in [1.807, 2.05) is 0 Å². The molecule has 2 rings (SSSR count). The van der Waals surface area contributed by atoms with Crippen LogP contribution in [-0.2, 0) is 14.8 Å². The molecule has 0 fully saturated rings. The summed E-state index contributed by atoms with van der Waals surface area (Å²) >= 11 is 6.00. The Kier molecular flexibility index (Phi) is 7.14. The van der Waals surface area contributed by atoms with E-state index in [0.717, 1.165) is 12.1 Å². The van der Waals surface area contributed by atoms with Crippen molar-refractivity contribution in [1.82, 2.24) is 4.72 Å². The molecule has 27 heavy (non-hydrogen) atoms. The molecule has 2 N–H and O–H groups in total. The van der Waals surface area contributed by atoms with Gasteiger partial charge in [-0.2, -0.15) is 0 Å². The van der Waals surface area contributed by atoms with E-state index in [9.17, 15) is 17.6 Å². The van der Waals surface area contributed by atoms with Crippen LogP contribution < -0.4 is 14.8 Å². The Morgan fingerprint density at radius 3 is 2.56 bits per heavy atom. The first-order valence-electron chi connectivity index (χ1n) is 7.74. The fraction of sp³-hybridized carbons (Fsp3) is 0.235.